The standard InChI is InChI=1S/C67H129NO3/c1-3-5-7-9-11-13-15-17-19-21-23-25-27-29-30-31-32-33-34-35-36-37-38-39-41-43-45-47-49-51-53-55-57-59-61-63-67(71)68-65(64-69)66(70)62-60-58-56-54-52-50-48-46-44-42-40-28-26-24-22-20-18-16-14-12-10-8-6-4-2/h27,29,31-32,60,62,65-66,69-70H,3-26,28,30,33-59,61,63-64H2,1-2H3,(H,68,71)/b29-27-,32-31-,62-60+. The lowest BCUT2D eigenvalue weighted by Gasteiger charge is -2.20. The number of carbonyl (C=O) groups excluding carboxylic acids is 1. The van der Waals surface area contributed by atoms with E-state index in [1.807, 2.05) is 6.08 Å². The van der Waals surface area contributed by atoms with Gasteiger partial charge in [-0.2, -0.15) is 0 Å². The van der Waals surface area contributed by atoms with Crippen LogP contribution in [0.5, 0.6) is 0 Å². The molecule has 2 unspecified atom stereocenters. The smallest absolute Gasteiger partial charge is 0.220 e. The van der Waals surface area contributed by atoms with Gasteiger partial charge >= 0.3 is 0 Å². The van der Waals surface area contributed by atoms with Crippen LogP contribution in [0.2, 0.25) is 0 Å². The molecular weight excluding hydrogens is 867 g/mol. The predicted octanol–water partition coefficient (Wildman–Crippen LogP) is 22.0. The van der Waals surface area contributed by atoms with E-state index in [-0.39, 0.29) is 12.5 Å². The van der Waals surface area contributed by atoms with Gasteiger partial charge in [0.15, 0.2) is 0 Å². The van der Waals surface area contributed by atoms with Gasteiger partial charge in [0.2, 0.25) is 5.91 Å². The molecule has 0 aliphatic rings. The van der Waals surface area contributed by atoms with Crippen LogP contribution in [0.15, 0.2) is 36.5 Å². The maximum Gasteiger partial charge on any atom is 0.220 e. The highest BCUT2D eigenvalue weighted by Gasteiger charge is 2.18. The molecule has 0 aromatic rings. The van der Waals surface area contributed by atoms with Crippen LogP contribution < -0.4 is 5.32 Å². The Hall–Kier alpha value is -1.39. The molecule has 1 amide bonds. The van der Waals surface area contributed by atoms with E-state index >= 15 is 0 Å². The fourth-order valence-corrected chi connectivity index (χ4v) is 10.4. The summed E-state index contributed by atoms with van der Waals surface area (Å²) in [6.07, 6.45) is 86.4. The number of allylic oxidation sites excluding steroid dienone is 5. The third-order valence-electron chi connectivity index (χ3n) is 15.4. The Labute approximate surface area is 446 Å². The Morgan fingerprint density at radius 3 is 0.845 bits per heavy atom. The second-order valence-electron chi connectivity index (χ2n) is 22.5. The zero-order chi connectivity index (χ0) is 51.3. The molecule has 3 N–H and O–H groups in total. The predicted molar refractivity (Wildman–Crippen MR) is 318 cm³/mol. The summed E-state index contributed by atoms with van der Waals surface area (Å²) < 4.78 is 0. The lowest BCUT2D eigenvalue weighted by atomic mass is 10.0. The number of aliphatic hydroxyl groups excluding tert-OH is 2. The first kappa shape index (κ1) is 69.6. The van der Waals surface area contributed by atoms with Gasteiger partial charge in [-0.1, -0.05) is 346 Å². The highest BCUT2D eigenvalue weighted by molar-refractivity contribution is 5.76. The molecule has 0 heterocycles. The third-order valence-corrected chi connectivity index (χ3v) is 15.4. The molecular formula is C67H129NO3. The highest BCUT2D eigenvalue weighted by atomic mass is 16.3. The van der Waals surface area contributed by atoms with E-state index in [0.717, 1.165) is 32.1 Å². The first-order valence-corrected chi connectivity index (χ1v) is 32.7. The Bertz CT molecular complexity index is 1080. The van der Waals surface area contributed by atoms with E-state index in [2.05, 4.69) is 43.5 Å². The van der Waals surface area contributed by atoms with Crippen molar-refractivity contribution in [2.45, 2.75) is 379 Å². The van der Waals surface area contributed by atoms with Gasteiger partial charge in [0.05, 0.1) is 18.8 Å². The fourth-order valence-electron chi connectivity index (χ4n) is 10.4. The van der Waals surface area contributed by atoms with Gasteiger partial charge in [-0.25, -0.2) is 0 Å². The molecule has 71 heavy (non-hydrogen) atoms. The summed E-state index contributed by atoms with van der Waals surface area (Å²) in [4.78, 5) is 12.5. The fraction of sp³-hybridized carbons (Fsp3) is 0.896. The van der Waals surface area contributed by atoms with Crippen LogP contribution >= 0.6 is 0 Å². The molecule has 0 bridgehead atoms. The molecule has 0 saturated carbocycles. The van der Waals surface area contributed by atoms with Crippen molar-refractivity contribution in [1.82, 2.24) is 5.32 Å². The molecule has 0 spiro atoms. The van der Waals surface area contributed by atoms with Gasteiger partial charge in [0, 0.05) is 6.42 Å². The van der Waals surface area contributed by atoms with E-state index in [4.69, 9.17) is 0 Å². The largest absolute Gasteiger partial charge is 0.394 e. The van der Waals surface area contributed by atoms with Crippen LogP contribution in [0.4, 0.5) is 0 Å². The summed E-state index contributed by atoms with van der Waals surface area (Å²) in [7, 11) is 0. The van der Waals surface area contributed by atoms with Crippen molar-refractivity contribution in [3.63, 3.8) is 0 Å². The van der Waals surface area contributed by atoms with Gasteiger partial charge in [0.25, 0.3) is 0 Å². The van der Waals surface area contributed by atoms with Crippen molar-refractivity contribution < 1.29 is 15.0 Å². The molecule has 0 saturated heterocycles. The highest BCUT2D eigenvalue weighted by Crippen LogP contribution is 2.18. The third kappa shape index (κ3) is 59.4. The lowest BCUT2D eigenvalue weighted by Crippen LogP contribution is -2.45. The molecule has 4 nitrogen and oxygen atoms in total. The van der Waals surface area contributed by atoms with Crippen molar-refractivity contribution in [3.05, 3.63) is 36.5 Å². The molecule has 0 fully saturated rings. The van der Waals surface area contributed by atoms with Crippen molar-refractivity contribution in [3.8, 4) is 0 Å². The van der Waals surface area contributed by atoms with Crippen LogP contribution in [0, 0.1) is 0 Å². The molecule has 0 rings (SSSR count). The quantitative estimate of drug-likeness (QED) is 0.0420. The first-order chi connectivity index (χ1) is 35.2. The topological polar surface area (TPSA) is 69.6 Å². The minimum Gasteiger partial charge on any atom is -0.394 e. The minimum atomic E-state index is -0.839. The maximum atomic E-state index is 12.5. The number of carbonyl (C=O) groups is 1. The average molecular weight is 997 g/mol. The Morgan fingerprint density at radius 1 is 0.338 bits per heavy atom. The molecule has 0 aliphatic heterocycles. The molecule has 420 valence electrons. The summed E-state index contributed by atoms with van der Waals surface area (Å²) in [6.45, 7) is 4.35. The van der Waals surface area contributed by atoms with Gasteiger partial charge < -0.3 is 15.5 Å². The van der Waals surface area contributed by atoms with Crippen LogP contribution in [0.1, 0.15) is 367 Å². The zero-order valence-corrected chi connectivity index (χ0v) is 48.5. The molecule has 0 aliphatic carbocycles. The lowest BCUT2D eigenvalue weighted by molar-refractivity contribution is -0.123. The van der Waals surface area contributed by atoms with Crippen LogP contribution in [0.25, 0.3) is 0 Å². The van der Waals surface area contributed by atoms with Gasteiger partial charge in [-0.3, -0.25) is 4.79 Å². The molecule has 0 radical (unpaired) electrons. The van der Waals surface area contributed by atoms with Crippen LogP contribution in [0.3, 0.4) is 0 Å². The number of unbranched alkanes of at least 4 members (excludes halogenated alkanes) is 50. The van der Waals surface area contributed by atoms with Gasteiger partial charge in [-0.05, 0) is 51.4 Å². The number of aliphatic hydroxyl groups is 2. The van der Waals surface area contributed by atoms with Crippen molar-refractivity contribution >= 4 is 5.91 Å². The SMILES string of the molecule is CCCCCCCCCCCCC/C=C\C/C=C\CCCCCCCCCCCCCCCCCCCC(=O)NC(CO)C(O)/C=C/CCCCCCCCCCCCCCCCCCCCCCCC. The van der Waals surface area contributed by atoms with E-state index in [9.17, 15) is 15.0 Å². The summed E-state index contributed by atoms with van der Waals surface area (Å²) in [6, 6.07) is -0.622. The van der Waals surface area contributed by atoms with E-state index in [1.54, 1.807) is 6.08 Å². The Morgan fingerprint density at radius 2 is 0.577 bits per heavy atom. The number of amides is 1. The zero-order valence-electron chi connectivity index (χ0n) is 48.5. The number of hydrogen-bond donors (Lipinski definition) is 3. The minimum absolute atomic E-state index is 0.0574. The Kier molecular flexibility index (Phi) is 61.7. The second kappa shape index (κ2) is 62.9. The number of rotatable bonds is 61. The average Bonchev–Trinajstić information content (AvgIpc) is 3.37. The monoisotopic (exact) mass is 996 g/mol. The van der Waals surface area contributed by atoms with Gasteiger partial charge in [-0.15, -0.1) is 0 Å². The van der Waals surface area contributed by atoms with Crippen molar-refractivity contribution in [1.29, 1.82) is 0 Å². The van der Waals surface area contributed by atoms with Gasteiger partial charge in [0.1, 0.15) is 0 Å². The molecule has 0 aromatic heterocycles. The normalized spacial score (nSPS) is 12.9. The molecule has 4 heteroatoms. The summed E-state index contributed by atoms with van der Waals surface area (Å²) in [5, 5.41) is 23.3. The van der Waals surface area contributed by atoms with E-state index in [0.29, 0.717) is 6.42 Å². The van der Waals surface area contributed by atoms with E-state index in [1.165, 1.54) is 315 Å². The van der Waals surface area contributed by atoms with Crippen molar-refractivity contribution in [2.75, 3.05) is 6.61 Å². The van der Waals surface area contributed by atoms with Crippen LogP contribution in [-0.4, -0.2) is 34.9 Å². The summed E-state index contributed by atoms with van der Waals surface area (Å²) in [5.41, 5.74) is 0. The first-order valence-electron chi connectivity index (χ1n) is 32.7. The number of nitrogens with one attached hydrogen (secondary N) is 1. The summed E-state index contributed by atoms with van der Waals surface area (Å²) >= 11 is 0. The van der Waals surface area contributed by atoms with Crippen LogP contribution in [-0.2, 0) is 4.79 Å². The molecule has 0 aromatic carbocycles. The molecule has 2 atom stereocenters. The van der Waals surface area contributed by atoms with Crippen molar-refractivity contribution in [2.24, 2.45) is 0 Å². The summed E-state index contributed by atoms with van der Waals surface area (Å²) in [5.74, 6) is -0.0574. The maximum absolute atomic E-state index is 12.5. The number of hydrogen-bond acceptors (Lipinski definition) is 3. The van der Waals surface area contributed by atoms with E-state index < -0.39 is 12.1 Å². The Balaban J connectivity index is 3.44. The second-order valence-corrected chi connectivity index (χ2v) is 22.5.